The number of hydrogen-bond acceptors (Lipinski definition) is 4. The van der Waals surface area contributed by atoms with Crippen LogP contribution in [0.4, 0.5) is 0 Å². The van der Waals surface area contributed by atoms with Crippen LogP contribution in [0, 0.1) is 0 Å². The van der Waals surface area contributed by atoms with Crippen molar-refractivity contribution in [1.82, 2.24) is 19.0 Å². The number of nitrogens with zero attached hydrogens (tertiary/aromatic N) is 4. The molecule has 0 saturated heterocycles. The maximum Gasteiger partial charge on any atom is 0.243 e. The first kappa shape index (κ1) is 21.7. The first-order valence-corrected chi connectivity index (χ1v) is 11.6. The van der Waals surface area contributed by atoms with E-state index in [2.05, 4.69) is 5.10 Å². The number of carbonyl (C=O) groups is 1. The van der Waals surface area contributed by atoms with Crippen LogP contribution in [0.3, 0.4) is 0 Å². The summed E-state index contributed by atoms with van der Waals surface area (Å²) in [6.45, 7) is 0.0774. The SMILES string of the molecule is CN(Cc1cnn(-c2ccccc2)c1)C(=O)CN(C)S(=O)(=O)c1ccc2ccccc2c1. The highest BCUT2D eigenvalue weighted by molar-refractivity contribution is 7.89. The standard InChI is InChI=1S/C24H24N4O3S/c1-26(16-19-15-25-28(17-19)22-10-4-3-5-11-22)24(29)18-27(2)32(30,31)23-13-12-20-8-6-7-9-21(20)14-23/h3-15,17H,16,18H2,1-2H3. The molecule has 1 aromatic heterocycles. The summed E-state index contributed by atoms with van der Waals surface area (Å²) in [5, 5.41) is 6.13. The number of carbonyl (C=O) groups excluding carboxylic acids is 1. The lowest BCUT2D eigenvalue weighted by Gasteiger charge is -2.21. The summed E-state index contributed by atoms with van der Waals surface area (Å²) in [6, 6.07) is 22.2. The van der Waals surface area contributed by atoms with Crippen LogP contribution >= 0.6 is 0 Å². The molecule has 0 fully saturated rings. The Bertz CT molecular complexity index is 1350. The maximum atomic E-state index is 13.0. The molecule has 0 aliphatic carbocycles. The molecule has 0 bridgehead atoms. The van der Waals surface area contributed by atoms with E-state index in [1.807, 2.05) is 60.8 Å². The van der Waals surface area contributed by atoms with Crippen LogP contribution in [-0.4, -0.2) is 54.0 Å². The largest absolute Gasteiger partial charge is 0.340 e. The number of fused-ring (bicyclic) bond motifs is 1. The molecule has 7 nitrogen and oxygen atoms in total. The molecule has 0 radical (unpaired) electrons. The number of hydrogen-bond donors (Lipinski definition) is 0. The summed E-state index contributed by atoms with van der Waals surface area (Å²) in [4.78, 5) is 14.4. The van der Waals surface area contributed by atoms with Crippen LogP contribution in [0.2, 0.25) is 0 Å². The fourth-order valence-electron chi connectivity index (χ4n) is 3.43. The summed E-state index contributed by atoms with van der Waals surface area (Å²) < 4.78 is 28.8. The van der Waals surface area contributed by atoms with Gasteiger partial charge in [0.25, 0.3) is 0 Å². The van der Waals surface area contributed by atoms with Gasteiger partial charge in [-0.25, -0.2) is 13.1 Å². The Balaban J connectivity index is 1.42. The Morgan fingerprint density at radius 1 is 0.938 bits per heavy atom. The average molecular weight is 449 g/mol. The summed E-state index contributed by atoms with van der Waals surface area (Å²) in [7, 11) is -0.723. The van der Waals surface area contributed by atoms with E-state index >= 15 is 0 Å². The maximum absolute atomic E-state index is 13.0. The predicted molar refractivity (Wildman–Crippen MR) is 124 cm³/mol. The highest BCUT2D eigenvalue weighted by atomic mass is 32.2. The Hall–Kier alpha value is -3.49. The molecule has 8 heteroatoms. The molecule has 0 unspecified atom stereocenters. The summed E-state index contributed by atoms with van der Waals surface area (Å²) >= 11 is 0. The molecular formula is C24H24N4O3S. The molecule has 0 spiro atoms. The minimum absolute atomic E-state index is 0.165. The third-order valence-corrected chi connectivity index (χ3v) is 7.09. The molecule has 3 aromatic carbocycles. The quantitative estimate of drug-likeness (QED) is 0.435. The van der Waals surface area contributed by atoms with E-state index in [-0.39, 0.29) is 17.3 Å². The van der Waals surface area contributed by atoms with Gasteiger partial charge in [0.1, 0.15) is 0 Å². The number of amides is 1. The third kappa shape index (κ3) is 4.56. The smallest absolute Gasteiger partial charge is 0.243 e. The first-order chi connectivity index (χ1) is 15.3. The fraction of sp³-hybridized carbons (Fsp3) is 0.167. The molecule has 0 atom stereocenters. The van der Waals surface area contributed by atoms with Crippen molar-refractivity contribution in [2.24, 2.45) is 0 Å². The zero-order valence-corrected chi connectivity index (χ0v) is 18.7. The van der Waals surface area contributed by atoms with Crippen LogP contribution in [-0.2, 0) is 21.4 Å². The minimum atomic E-state index is -3.79. The second-order valence-corrected chi connectivity index (χ2v) is 9.69. The Morgan fingerprint density at radius 3 is 2.38 bits per heavy atom. The highest BCUT2D eigenvalue weighted by Gasteiger charge is 2.24. The molecule has 0 saturated carbocycles. The lowest BCUT2D eigenvalue weighted by molar-refractivity contribution is -0.130. The molecule has 4 aromatic rings. The number of sulfonamides is 1. The van der Waals surface area contributed by atoms with Crippen molar-refractivity contribution in [1.29, 1.82) is 0 Å². The van der Waals surface area contributed by atoms with E-state index in [4.69, 9.17) is 0 Å². The van der Waals surface area contributed by atoms with Gasteiger partial charge in [-0.2, -0.15) is 9.40 Å². The second kappa shape index (κ2) is 8.94. The zero-order chi connectivity index (χ0) is 22.7. The summed E-state index contributed by atoms with van der Waals surface area (Å²) in [5.41, 5.74) is 1.78. The Labute approximate surface area is 187 Å². The Kier molecular flexibility index (Phi) is 6.07. The highest BCUT2D eigenvalue weighted by Crippen LogP contribution is 2.21. The molecule has 4 rings (SSSR count). The van der Waals surface area contributed by atoms with Gasteiger partial charge in [-0.05, 0) is 35.0 Å². The van der Waals surface area contributed by atoms with Crippen molar-refractivity contribution < 1.29 is 13.2 Å². The van der Waals surface area contributed by atoms with E-state index in [1.165, 1.54) is 11.9 Å². The van der Waals surface area contributed by atoms with Crippen LogP contribution < -0.4 is 0 Å². The number of aromatic nitrogens is 2. The second-order valence-electron chi connectivity index (χ2n) is 7.65. The van der Waals surface area contributed by atoms with Gasteiger partial charge in [-0.1, -0.05) is 48.5 Å². The van der Waals surface area contributed by atoms with E-state index in [0.29, 0.717) is 6.54 Å². The summed E-state index contributed by atoms with van der Waals surface area (Å²) in [5.74, 6) is -0.302. The first-order valence-electron chi connectivity index (χ1n) is 10.1. The molecule has 1 heterocycles. The van der Waals surface area contributed by atoms with Gasteiger partial charge < -0.3 is 4.90 Å². The van der Waals surface area contributed by atoms with E-state index in [9.17, 15) is 13.2 Å². The Morgan fingerprint density at radius 2 is 1.62 bits per heavy atom. The molecule has 164 valence electrons. The third-order valence-electron chi connectivity index (χ3n) is 5.29. The topological polar surface area (TPSA) is 75.5 Å². The van der Waals surface area contributed by atoms with E-state index < -0.39 is 10.0 Å². The fourth-order valence-corrected chi connectivity index (χ4v) is 4.59. The van der Waals surface area contributed by atoms with Crippen molar-refractivity contribution in [3.63, 3.8) is 0 Å². The molecule has 1 amide bonds. The van der Waals surface area contributed by atoms with Crippen molar-refractivity contribution >= 4 is 26.7 Å². The minimum Gasteiger partial charge on any atom is -0.340 e. The summed E-state index contributed by atoms with van der Waals surface area (Å²) in [6.07, 6.45) is 3.56. The predicted octanol–water partition coefficient (Wildman–Crippen LogP) is 3.30. The van der Waals surface area contributed by atoms with Crippen LogP contribution in [0.15, 0.2) is 90.1 Å². The van der Waals surface area contributed by atoms with E-state index in [0.717, 1.165) is 26.3 Å². The van der Waals surface area contributed by atoms with E-state index in [1.54, 1.807) is 36.1 Å². The molecule has 0 aliphatic heterocycles. The van der Waals surface area contributed by atoms with Crippen LogP contribution in [0.1, 0.15) is 5.56 Å². The number of para-hydroxylation sites is 1. The van der Waals surface area contributed by atoms with Gasteiger partial charge in [0, 0.05) is 32.4 Å². The van der Waals surface area contributed by atoms with Crippen molar-refractivity contribution in [3.8, 4) is 5.69 Å². The van der Waals surface area contributed by atoms with Crippen LogP contribution in [0.25, 0.3) is 16.5 Å². The van der Waals surface area contributed by atoms with Gasteiger partial charge in [0.2, 0.25) is 15.9 Å². The molecule has 0 aliphatic rings. The monoisotopic (exact) mass is 448 g/mol. The van der Waals surface area contributed by atoms with Crippen molar-refractivity contribution in [3.05, 3.63) is 90.8 Å². The van der Waals surface area contributed by atoms with Crippen LogP contribution in [0.5, 0.6) is 0 Å². The number of likely N-dealkylation sites (N-methyl/N-ethyl adjacent to an activating group) is 2. The molecule has 32 heavy (non-hydrogen) atoms. The van der Waals surface area contributed by atoms with Gasteiger partial charge in [-0.15, -0.1) is 0 Å². The van der Waals surface area contributed by atoms with Gasteiger partial charge in [-0.3, -0.25) is 4.79 Å². The number of benzene rings is 3. The average Bonchev–Trinajstić information content (AvgIpc) is 3.27. The van der Waals surface area contributed by atoms with Gasteiger partial charge >= 0.3 is 0 Å². The van der Waals surface area contributed by atoms with Gasteiger partial charge in [0.15, 0.2) is 0 Å². The molecule has 0 N–H and O–H groups in total. The lowest BCUT2D eigenvalue weighted by atomic mass is 10.1. The normalized spacial score (nSPS) is 11.7. The lowest BCUT2D eigenvalue weighted by Crippen LogP contribution is -2.39. The van der Waals surface area contributed by atoms with Crippen molar-refractivity contribution in [2.45, 2.75) is 11.4 Å². The zero-order valence-electron chi connectivity index (χ0n) is 17.9. The van der Waals surface area contributed by atoms with Gasteiger partial charge in [0.05, 0.1) is 23.3 Å². The number of rotatable bonds is 7. The van der Waals surface area contributed by atoms with Crippen molar-refractivity contribution in [2.75, 3.05) is 20.6 Å². The molecular weight excluding hydrogens is 424 g/mol.